The van der Waals surface area contributed by atoms with Gasteiger partial charge in [-0.25, -0.2) is 9.18 Å². The van der Waals surface area contributed by atoms with Crippen LogP contribution in [-0.2, 0) is 6.54 Å². The maximum atomic E-state index is 13.4. The maximum Gasteiger partial charge on any atom is 0.319 e. The Morgan fingerprint density at radius 3 is 2.68 bits per heavy atom. The fourth-order valence-corrected chi connectivity index (χ4v) is 2.17. The van der Waals surface area contributed by atoms with Crippen molar-refractivity contribution in [3.05, 3.63) is 47.8 Å². The van der Waals surface area contributed by atoms with Crippen molar-refractivity contribution in [3.8, 4) is 17.2 Å². The Balaban J connectivity index is 2.05. The second kappa shape index (κ2) is 8.23. The monoisotopic (exact) mass is 348 g/mol. The van der Waals surface area contributed by atoms with E-state index in [0.717, 1.165) is 0 Å². The van der Waals surface area contributed by atoms with Crippen LogP contribution in [0.4, 0.5) is 14.9 Å². The minimum absolute atomic E-state index is 0.0418. The summed E-state index contributed by atoms with van der Waals surface area (Å²) in [7, 11) is 1.44. The van der Waals surface area contributed by atoms with E-state index in [1.165, 1.54) is 25.3 Å². The van der Waals surface area contributed by atoms with Gasteiger partial charge in [0.2, 0.25) is 0 Å². The second-order valence-corrected chi connectivity index (χ2v) is 5.58. The summed E-state index contributed by atoms with van der Waals surface area (Å²) in [4.78, 5) is 12.1. The Morgan fingerprint density at radius 2 is 2.00 bits per heavy atom. The lowest BCUT2D eigenvalue weighted by atomic mass is 10.2. The van der Waals surface area contributed by atoms with Crippen molar-refractivity contribution < 1.29 is 23.8 Å². The molecule has 0 saturated heterocycles. The summed E-state index contributed by atoms with van der Waals surface area (Å²) in [5.74, 6) is 0.157. The topological polar surface area (TPSA) is 79.8 Å². The van der Waals surface area contributed by atoms with E-state index in [2.05, 4.69) is 10.6 Å². The first-order chi connectivity index (χ1) is 11.9. The third kappa shape index (κ3) is 5.00. The predicted molar refractivity (Wildman–Crippen MR) is 92.7 cm³/mol. The zero-order valence-electron chi connectivity index (χ0n) is 14.3. The smallest absolute Gasteiger partial charge is 0.319 e. The summed E-state index contributed by atoms with van der Waals surface area (Å²) < 4.78 is 24.0. The molecule has 0 saturated carbocycles. The van der Waals surface area contributed by atoms with Gasteiger partial charge in [-0.3, -0.25) is 0 Å². The lowest BCUT2D eigenvalue weighted by molar-refractivity contribution is 0.241. The zero-order valence-corrected chi connectivity index (χ0v) is 14.3. The lowest BCUT2D eigenvalue weighted by Gasteiger charge is -2.15. The van der Waals surface area contributed by atoms with Crippen LogP contribution in [0.5, 0.6) is 17.2 Å². The van der Waals surface area contributed by atoms with E-state index in [1.807, 2.05) is 13.8 Å². The van der Waals surface area contributed by atoms with Crippen molar-refractivity contribution >= 4 is 11.7 Å². The van der Waals surface area contributed by atoms with E-state index < -0.39 is 11.8 Å². The molecule has 2 aromatic rings. The highest BCUT2D eigenvalue weighted by Gasteiger charge is 2.12. The number of phenols is 1. The Hall–Kier alpha value is -2.96. The van der Waals surface area contributed by atoms with Crippen molar-refractivity contribution in [3.63, 3.8) is 0 Å². The number of carbonyl (C=O) groups is 1. The number of methoxy groups -OCH3 is 1. The first kappa shape index (κ1) is 18.4. The van der Waals surface area contributed by atoms with Gasteiger partial charge in [-0.15, -0.1) is 0 Å². The number of rotatable bonds is 6. The number of carbonyl (C=O) groups excluding carboxylic acids is 1. The highest BCUT2D eigenvalue weighted by Crippen LogP contribution is 2.29. The van der Waals surface area contributed by atoms with E-state index in [9.17, 15) is 14.3 Å². The molecule has 2 amide bonds. The Kier molecular flexibility index (Phi) is 6.05. The molecule has 0 unspecified atom stereocenters. The molecule has 25 heavy (non-hydrogen) atoms. The summed E-state index contributed by atoms with van der Waals surface area (Å²) in [6.45, 7) is 3.74. The van der Waals surface area contributed by atoms with Crippen LogP contribution < -0.4 is 20.1 Å². The van der Waals surface area contributed by atoms with Crippen molar-refractivity contribution in [2.45, 2.75) is 26.5 Å². The van der Waals surface area contributed by atoms with E-state index >= 15 is 0 Å². The number of aromatic hydroxyl groups is 1. The summed E-state index contributed by atoms with van der Waals surface area (Å²) in [5.41, 5.74) is 0.716. The van der Waals surface area contributed by atoms with Gasteiger partial charge >= 0.3 is 6.03 Å². The molecule has 0 heterocycles. The number of para-hydroxylation sites is 1. The Morgan fingerprint density at radius 1 is 1.24 bits per heavy atom. The fraction of sp³-hybridized carbons (Fsp3) is 0.278. The van der Waals surface area contributed by atoms with Gasteiger partial charge in [0.15, 0.2) is 11.5 Å². The van der Waals surface area contributed by atoms with E-state index in [0.29, 0.717) is 17.1 Å². The third-order valence-corrected chi connectivity index (χ3v) is 3.29. The number of anilines is 1. The number of ether oxygens (including phenoxy) is 2. The van der Waals surface area contributed by atoms with Crippen LogP contribution in [0.15, 0.2) is 36.4 Å². The van der Waals surface area contributed by atoms with Crippen LogP contribution in [-0.4, -0.2) is 24.4 Å². The van der Waals surface area contributed by atoms with Crippen LogP contribution in [0.25, 0.3) is 0 Å². The molecule has 2 aromatic carbocycles. The molecule has 0 aliphatic carbocycles. The third-order valence-electron chi connectivity index (χ3n) is 3.29. The average molecular weight is 348 g/mol. The molecule has 134 valence electrons. The Labute approximate surface area is 145 Å². The molecule has 0 fully saturated rings. The molecule has 0 spiro atoms. The van der Waals surface area contributed by atoms with E-state index in [-0.39, 0.29) is 24.1 Å². The molecule has 6 nitrogen and oxygen atoms in total. The molecule has 0 aromatic heterocycles. The van der Waals surface area contributed by atoms with Crippen LogP contribution in [0.3, 0.4) is 0 Å². The maximum absolute atomic E-state index is 13.4. The standard InChI is InChI=1S/C18H21FN2O4/c1-11(2)25-15-8-7-13(19)9-14(15)21-18(23)20-10-12-5-4-6-16(24-3)17(12)22/h4-9,11,22H,10H2,1-3H3,(H2,20,21,23). The van der Waals surface area contributed by atoms with Gasteiger partial charge in [0.1, 0.15) is 11.6 Å². The van der Waals surface area contributed by atoms with Gasteiger partial charge in [-0.05, 0) is 32.0 Å². The fourth-order valence-electron chi connectivity index (χ4n) is 2.17. The van der Waals surface area contributed by atoms with Gasteiger partial charge in [0.05, 0.1) is 18.9 Å². The quantitative estimate of drug-likeness (QED) is 0.744. The number of benzene rings is 2. The summed E-state index contributed by atoms with van der Waals surface area (Å²) in [6.07, 6.45) is -0.122. The average Bonchev–Trinajstić information content (AvgIpc) is 2.56. The number of nitrogens with one attached hydrogen (secondary N) is 2. The van der Waals surface area contributed by atoms with E-state index in [1.54, 1.807) is 18.2 Å². The number of hydrogen-bond donors (Lipinski definition) is 3. The summed E-state index contributed by atoms with van der Waals surface area (Å²) in [6, 6.07) is 8.32. The molecule has 2 rings (SSSR count). The summed E-state index contributed by atoms with van der Waals surface area (Å²) >= 11 is 0. The molecule has 0 radical (unpaired) electrons. The highest BCUT2D eigenvalue weighted by atomic mass is 19.1. The first-order valence-corrected chi connectivity index (χ1v) is 7.76. The molecule has 0 atom stereocenters. The molecule has 7 heteroatoms. The molecule has 0 bridgehead atoms. The minimum atomic E-state index is -0.554. The number of halogens is 1. The van der Waals surface area contributed by atoms with Crippen LogP contribution in [0.1, 0.15) is 19.4 Å². The van der Waals surface area contributed by atoms with Gasteiger partial charge in [-0.1, -0.05) is 12.1 Å². The number of phenolic OH excluding ortho intramolecular Hbond substituents is 1. The van der Waals surface area contributed by atoms with Crippen LogP contribution in [0, 0.1) is 5.82 Å². The Bertz CT molecular complexity index is 750. The van der Waals surface area contributed by atoms with Crippen molar-refractivity contribution in [1.82, 2.24) is 5.32 Å². The minimum Gasteiger partial charge on any atom is -0.504 e. The summed E-state index contributed by atoms with van der Waals surface area (Å²) in [5, 5.41) is 15.1. The molecular weight excluding hydrogens is 327 g/mol. The van der Waals surface area contributed by atoms with Gasteiger partial charge in [0.25, 0.3) is 0 Å². The molecule has 0 aliphatic rings. The largest absolute Gasteiger partial charge is 0.504 e. The normalized spacial score (nSPS) is 10.4. The van der Waals surface area contributed by atoms with Crippen molar-refractivity contribution in [1.29, 1.82) is 0 Å². The molecular formula is C18H21FN2O4. The SMILES string of the molecule is COc1cccc(CNC(=O)Nc2cc(F)ccc2OC(C)C)c1O. The zero-order chi connectivity index (χ0) is 18.4. The van der Waals surface area contributed by atoms with Crippen LogP contribution in [0.2, 0.25) is 0 Å². The highest BCUT2D eigenvalue weighted by molar-refractivity contribution is 5.90. The van der Waals surface area contributed by atoms with Gasteiger partial charge in [0, 0.05) is 18.2 Å². The lowest BCUT2D eigenvalue weighted by Crippen LogP contribution is -2.28. The number of amides is 2. The van der Waals surface area contributed by atoms with Crippen molar-refractivity contribution in [2.24, 2.45) is 0 Å². The van der Waals surface area contributed by atoms with Crippen LogP contribution >= 0.6 is 0 Å². The molecule has 0 aliphatic heterocycles. The number of hydrogen-bond acceptors (Lipinski definition) is 4. The molecule has 3 N–H and O–H groups in total. The predicted octanol–water partition coefficient (Wildman–Crippen LogP) is 3.65. The second-order valence-electron chi connectivity index (χ2n) is 5.58. The van der Waals surface area contributed by atoms with Crippen molar-refractivity contribution in [2.75, 3.05) is 12.4 Å². The van der Waals surface area contributed by atoms with Gasteiger partial charge in [-0.2, -0.15) is 0 Å². The van der Waals surface area contributed by atoms with Gasteiger partial charge < -0.3 is 25.2 Å². The van der Waals surface area contributed by atoms with E-state index in [4.69, 9.17) is 9.47 Å². The number of urea groups is 1. The first-order valence-electron chi connectivity index (χ1n) is 7.76.